The third-order valence-electron chi connectivity index (χ3n) is 4.94. The van der Waals surface area contributed by atoms with Crippen LogP contribution in [0.25, 0.3) is 10.9 Å². The molecule has 4 aromatic rings. The van der Waals surface area contributed by atoms with E-state index in [4.69, 9.17) is 5.73 Å². The summed E-state index contributed by atoms with van der Waals surface area (Å²) in [6.45, 7) is 0. The molecule has 0 saturated heterocycles. The Morgan fingerprint density at radius 2 is 1.83 bits per heavy atom. The summed E-state index contributed by atoms with van der Waals surface area (Å²) in [7, 11) is 1.83. The molecule has 0 aliphatic rings. The van der Waals surface area contributed by atoms with Gasteiger partial charge in [-0.05, 0) is 11.6 Å². The Hall–Kier alpha value is -3.39. The number of Topliss-reactive ketones (excluding diaryl/α,β-unsaturated/α-hetero) is 1. The number of hydrogen-bond donors (Lipinski definition) is 2. The van der Waals surface area contributed by atoms with E-state index in [-0.39, 0.29) is 18.1 Å². The lowest BCUT2D eigenvalue weighted by Crippen LogP contribution is -2.13. The highest BCUT2D eigenvalue weighted by Crippen LogP contribution is 2.38. The number of H-pyrrole nitrogens is 1. The number of aromatic nitrogens is 4. The van der Waals surface area contributed by atoms with Crippen LogP contribution in [-0.4, -0.2) is 31.4 Å². The van der Waals surface area contributed by atoms with Crippen LogP contribution < -0.4 is 5.73 Å². The second-order valence-electron chi connectivity index (χ2n) is 6.94. The second-order valence-corrected chi connectivity index (χ2v) is 8.02. The van der Waals surface area contributed by atoms with Crippen LogP contribution in [0.4, 0.5) is 0 Å². The van der Waals surface area contributed by atoms with Gasteiger partial charge in [-0.2, -0.15) is 0 Å². The van der Waals surface area contributed by atoms with Crippen LogP contribution in [0, 0.1) is 0 Å². The van der Waals surface area contributed by atoms with Crippen molar-refractivity contribution in [1.82, 2.24) is 19.7 Å². The van der Waals surface area contributed by atoms with E-state index in [0.29, 0.717) is 23.0 Å². The van der Waals surface area contributed by atoms with Crippen molar-refractivity contribution in [1.29, 1.82) is 0 Å². The molecular weight excluding hydrogens is 398 g/mol. The first kappa shape index (κ1) is 19.9. The number of nitrogens with two attached hydrogens (primary N) is 1. The van der Waals surface area contributed by atoms with Crippen LogP contribution in [0.15, 0.2) is 66.0 Å². The average Bonchev–Trinajstić information content (AvgIpc) is 3.34. The number of para-hydroxylation sites is 1. The van der Waals surface area contributed by atoms with Gasteiger partial charge >= 0.3 is 0 Å². The largest absolute Gasteiger partial charge is 0.370 e. The van der Waals surface area contributed by atoms with Crippen LogP contribution in [0.3, 0.4) is 0 Å². The smallest absolute Gasteiger partial charge is 0.217 e. The Morgan fingerprint density at radius 3 is 2.60 bits per heavy atom. The fourth-order valence-corrected chi connectivity index (χ4v) is 4.41. The summed E-state index contributed by atoms with van der Waals surface area (Å²) in [6, 6.07) is 17.4. The van der Waals surface area contributed by atoms with Gasteiger partial charge in [0, 0.05) is 42.6 Å². The number of nitrogens with zero attached hydrogens (tertiary/aromatic N) is 3. The molecule has 0 spiro atoms. The normalized spacial score (nSPS) is 12.2. The molecule has 7 nitrogen and oxygen atoms in total. The van der Waals surface area contributed by atoms with Crippen molar-refractivity contribution in [3.63, 3.8) is 0 Å². The lowest BCUT2D eigenvalue weighted by atomic mass is 10.0. The fraction of sp³-hybridized carbons (Fsp3) is 0.182. The zero-order valence-electron chi connectivity index (χ0n) is 16.4. The number of carbonyl (C=O) groups is 2. The lowest BCUT2D eigenvalue weighted by Gasteiger charge is -2.15. The third-order valence-corrected chi connectivity index (χ3v) is 6.23. The Bertz CT molecular complexity index is 1200. The zero-order valence-corrected chi connectivity index (χ0v) is 17.2. The molecule has 2 heterocycles. The van der Waals surface area contributed by atoms with E-state index in [1.54, 1.807) is 6.20 Å². The Balaban J connectivity index is 1.68. The van der Waals surface area contributed by atoms with Gasteiger partial charge in [0.1, 0.15) is 11.1 Å². The SMILES string of the molecule is Cn1c(CCC(N)=O)nnc1S[C@@H](C(=O)c1c[nH]c2ccccc12)c1ccccc1. The first-order chi connectivity index (χ1) is 14.5. The van der Waals surface area contributed by atoms with Crippen molar-refractivity contribution in [3.05, 3.63) is 77.7 Å². The van der Waals surface area contributed by atoms with E-state index in [2.05, 4.69) is 15.2 Å². The van der Waals surface area contributed by atoms with E-state index in [0.717, 1.165) is 16.5 Å². The number of aromatic amines is 1. The van der Waals surface area contributed by atoms with Gasteiger partial charge in [-0.25, -0.2) is 0 Å². The van der Waals surface area contributed by atoms with Crippen molar-refractivity contribution in [2.45, 2.75) is 23.2 Å². The maximum Gasteiger partial charge on any atom is 0.217 e. The minimum atomic E-state index is -0.489. The van der Waals surface area contributed by atoms with Gasteiger partial charge in [-0.1, -0.05) is 60.3 Å². The number of benzene rings is 2. The van der Waals surface area contributed by atoms with Crippen LogP contribution >= 0.6 is 11.8 Å². The third kappa shape index (κ3) is 3.99. The first-order valence-corrected chi connectivity index (χ1v) is 10.4. The number of carbonyl (C=O) groups excluding carboxylic acids is 2. The highest BCUT2D eigenvalue weighted by atomic mass is 32.2. The van der Waals surface area contributed by atoms with Crippen LogP contribution in [0.1, 0.15) is 33.4 Å². The van der Waals surface area contributed by atoms with Gasteiger partial charge in [-0.3, -0.25) is 9.59 Å². The molecule has 1 atom stereocenters. The molecule has 0 aliphatic heterocycles. The summed E-state index contributed by atoms with van der Waals surface area (Å²) in [4.78, 5) is 27.9. The molecule has 2 aromatic heterocycles. The molecule has 30 heavy (non-hydrogen) atoms. The zero-order chi connectivity index (χ0) is 21.1. The number of rotatable bonds is 8. The highest BCUT2D eigenvalue weighted by molar-refractivity contribution is 8.00. The van der Waals surface area contributed by atoms with Crippen molar-refractivity contribution in [3.8, 4) is 0 Å². The molecule has 4 rings (SSSR count). The molecule has 1 amide bonds. The number of fused-ring (bicyclic) bond motifs is 1. The predicted octanol–water partition coefficient (Wildman–Crippen LogP) is 3.43. The van der Waals surface area contributed by atoms with Crippen molar-refractivity contribution in [2.75, 3.05) is 0 Å². The maximum atomic E-state index is 13.6. The van der Waals surface area contributed by atoms with E-state index < -0.39 is 5.25 Å². The van der Waals surface area contributed by atoms with Gasteiger partial charge in [0.25, 0.3) is 0 Å². The second kappa shape index (κ2) is 8.54. The summed E-state index contributed by atoms with van der Waals surface area (Å²) in [6.07, 6.45) is 2.37. The standard InChI is InChI=1S/C22H21N5O2S/c1-27-19(12-11-18(23)28)25-26-22(27)30-21(14-7-3-2-4-8-14)20(29)16-13-24-17-10-6-5-9-15(16)17/h2-10,13,21,24H,11-12H2,1H3,(H2,23,28)/t21-/m1/s1. The van der Waals surface area contributed by atoms with E-state index >= 15 is 0 Å². The van der Waals surface area contributed by atoms with Crippen LogP contribution in [-0.2, 0) is 18.3 Å². The number of thioether (sulfide) groups is 1. The molecule has 0 fully saturated rings. The number of amides is 1. The molecule has 0 unspecified atom stereocenters. The van der Waals surface area contributed by atoms with Crippen LogP contribution in [0.5, 0.6) is 0 Å². The minimum Gasteiger partial charge on any atom is -0.370 e. The number of ketones is 1. The van der Waals surface area contributed by atoms with E-state index in [1.807, 2.05) is 66.2 Å². The summed E-state index contributed by atoms with van der Waals surface area (Å²) >= 11 is 1.35. The molecule has 3 N–H and O–H groups in total. The molecule has 8 heteroatoms. The van der Waals surface area contributed by atoms with Crippen molar-refractivity contribution >= 4 is 34.4 Å². The van der Waals surface area contributed by atoms with Gasteiger partial charge in [0.05, 0.1) is 0 Å². The molecule has 0 aliphatic carbocycles. The number of nitrogens with one attached hydrogen (secondary N) is 1. The van der Waals surface area contributed by atoms with Crippen molar-refractivity contribution < 1.29 is 9.59 Å². The molecule has 0 radical (unpaired) electrons. The predicted molar refractivity (Wildman–Crippen MR) is 116 cm³/mol. The number of hydrogen-bond acceptors (Lipinski definition) is 5. The summed E-state index contributed by atoms with van der Waals surface area (Å²) < 4.78 is 1.81. The quantitative estimate of drug-likeness (QED) is 0.336. The van der Waals surface area contributed by atoms with Gasteiger partial charge in [0.2, 0.25) is 5.91 Å². The van der Waals surface area contributed by atoms with Crippen molar-refractivity contribution in [2.24, 2.45) is 12.8 Å². The fourth-order valence-electron chi connectivity index (χ4n) is 3.32. The number of primary amides is 1. The first-order valence-electron chi connectivity index (χ1n) is 9.53. The van der Waals surface area contributed by atoms with Gasteiger partial charge in [-0.15, -0.1) is 10.2 Å². The maximum absolute atomic E-state index is 13.6. The molecule has 2 aromatic carbocycles. The molecule has 0 bridgehead atoms. The number of aryl methyl sites for hydroxylation is 1. The summed E-state index contributed by atoms with van der Waals surface area (Å²) in [5.74, 6) is 0.261. The summed E-state index contributed by atoms with van der Waals surface area (Å²) in [5, 5.41) is 9.43. The average molecular weight is 420 g/mol. The summed E-state index contributed by atoms with van der Waals surface area (Å²) in [5.41, 5.74) is 7.70. The Kier molecular flexibility index (Phi) is 5.67. The molecule has 152 valence electrons. The van der Waals surface area contributed by atoms with E-state index in [9.17, 15) is 9.59 Å². The Labute approximate surface area is 177 Å². The van der Waals surface area contributed by atoms with Crippen LogP contribution in [0.2, 0.25) is 0 Å². The van der Waals surface area contributed by atoms with Gasteiger partial charge < -0.3 is 15.3 Å². The van der Waals surface area contributed by atoms with E-state index in [1.165, 1.54) is 11.8 Å². The molecular formula is C22H21N5O2S. The lowest BCUT2D eigenvalue weighted by molar-refractivity contribution is -0.118. The molecule has 0 saturated carbocycles. The highest BCUT2D eigenvalue weighted by Gasteiger charge is 2.27. The van der Waals surface area contributed by atoms with Gasteiger partial charge in [0.15, 0.2) is 10.9 Å². The Morgan fingerprint density at radius 1 is 1.10 bits per heavy atom. The monoisotopic (exact) mass is 419 g/mol. The topological polar surface area (TPSA) is 107 Å². The minimum absolute atomic E-state index is 0.00895.